The van der Waals surface area contributed by atoms with Gasteiger partial charge in [-0.15, -0.1) is 23.5 Å². The number of carbonyl (C=O) groups excluding carboxylic acids is 2. The van der Waals surface area contributed by atoms with Crippen LogP contribution in [0.15, 0.2) is 106 Å². The number of carboxylic acid groups (broad SMARTS) is 1. The normalized spacial score (nSPS) is 19.0. The fourth-order valence-electron chi connectivity index (χ4n) is 4.43. The minimum atomic E-state index is -3.71. The molecule has 1 saturated heterocycles. The van der Waals surface area contributed by atoms with Crippen LogP contribution in [0, 0.1) is 0 Å². The number of hydrogen-bond donors (Lipinski definition) is 3. The molecule has 2 aliphatic rings. The molecule has 3 N–H and O–H groups in total. The summed E-state index contributed by atoms with van der Waals surface area (Å²) in [5, 5.41) is 14.2. The predicted molar refractivity (Wildman–Crippen MR) is 155 cm³/mol. The first kappa shape index (κ1) is 28.0. The van der Waals surface area contributed by atoms with Crippen LogP contribution in [0.5, 0.6) is 0 Å². The van der Waals surface area contributed by atoms with E-state index in [1.165, 1.54) is 52.7 Å². The zero-order chi connectivity index (χ0) is 28.3. The number of aliphatic carboxylic acids is 1. The van der Waals surface area contributed by atoms with Gasteiger partial charge in [-0.1, -0.05) is 60.7 Å². The van der Waals surface area contributed by atoms with Crippen LogP contribution in [0.3, 0.4) is 0 Å². The standard InChI is InChI=1S/C28H25N3O6S3/c32-23(17-38-21-13-12-18-7-4-5-8-19(18)15-21)30-24-26(33)31-25(28(34)35)20(16-39-27(24)31)9-6-14-29-40(36,37)22-10-2-1-3-11-22/h1-13,15,24,27,29H,14,16-17H2,(H,30,32)(H,34,35)/b9-6+/t24-,27-/m1/s1. The Labute approximate surface area is 239 Å². The Balaban J connectivity index is 1.18. The Morgan fingerprint density at radius 1 is 1.05 bits per heavy atom. The molecule has 3 aromatic rings. The van der Waals surface area contributed by atoms with Crippen LogP contribution in [0.2, 0.25) is 0 Å². The van der Waals surface area contributed by atoms with Crippen molar-refractivity contribution in [1.82, 2.24) is 14.9 Å². The first-order valence-electron chi connectivity index (χ1n) is 12.3. The van der Waals surface area contributed by atoms with E-state index in [1.807, 2.05) is 42.5 Å². The highest BCUT2D eigenvalue weighted by atomic mass is 32.2. The third-order valence-corrected chi connectivity index (χ3v) is 10.1. The molecule has 12 heteroatoms. The molecule has 9 nitrogen and oxygen atoms in total. The van der Waals surface area contributed by atoms with Crippen LogP contribution in [0.25, 0.3) is 10.8 Å². The fourth-order valence-corrected chi connectivity index (χ4v) is 7.51. The zero-order valence-corrected chi connectivity index (χ0v) is 23.5. The minimum Gasteiger partial charge on any atom is -0.477 e. The predicted octanol–water partition coefficient (Wildman–Crippen LogP) is 3.21. The van der Waals surface area contributed by atoms with Gasteiger partial charge in [0.15, 0.2) is 0 Å². The van der Waals surface area contributed by atoms with Crippen molar-refractivity contribution in [2.24, 2.45) is 0 Å². The minimum absolute atomic E-state index is 0.0524. The molecular formula is C28H25N3O6S3. The van der Waals surface area contributed by atoms with E-state index in [9.17, 15) is 27.9 Å². The van der Waals surface area contributed by atoms with Gasteiger partial charge in [0.2, 0.25) is 15.9 Å². The summed E-state index contributed by atoms with van der Waals surface area (Å²) >= 11 is 2.71. The van der Waals surface area contributed by atoms with E-state index in [2.05, 4.69) is 10.0 Å². The first-order valence-corrected chi connectivity index (χ1v) is 15.8. The molecule has 3 aromatic carbocycles. The Hall–Kier alpha value is -3.58. The summed E-state index contributed by atoms with van der Waals surface area (Å²) in [4.78, 5) is 39.8. The lowest BCUT2D eigenvalue weighted by Gasteiger charge is -2.49. The Kier molecular flexibility index (Phi) is 8.31. The van der Waals surface area contributed by atoms with E-state index in [0.717, 1.165) is 15.7 Å². The Morgan fingerprint density at radius 3 is 2.52 bits per heavy atom. The number of thioether (sulfide) groups is 2. The van der Waals surface area contributed by atoms with Crippen molar-refractivity contribution in [3.05, 3.63) is 96.2 Å². The van der Waals surface area contributed by atoms with Crippen LogP contribution in [0.4, 0.5) is 0 Å². The molecule has 206 valence electrons. The van der Waals surface area contributed by atoms with Gasteiger partial charge in [0, 0.05) is 17.2 Å². The van der Waals surface area contributed by atoms with Crippen molar-refractivity contribution in [1.29, 1.82) is 0 Å². The summed E-state index contributed by atoms with van der Waals surface area (Å²) in [5.74, 6) is -1.66. The van der Waals surface area contributed by atoms with Crippen LogP contribution in [-0.4, -0.2) is 65.7 Å². The van der Waals surface area contributed by atoms with Crippen molar-refractivity contribution >= 4 is 62.1 Å². The van der Waals surface area contributed by atoms with Gasteiger partial charge in [-0.05, 0) is 40.6 Å². The number of nitrogens with one attached hydrogen (secondary N) is 2. The Bertz CT molecular complexity index is 1640. The van der Waals surface area contributed by atoms with E-state index in [4.69, 9.17) is 0 Å². The van der Waals surface area contributed by atoms with E-state index >= 15 is 0 Å². The molecule has 0 unspecified atom stereocenters. The van der Waals surface area contributed by atoms with Crippen LogP contribution < -0.4 is 10.0 Å². The highest BCUT2D eigenvalue weighted by Gasteiger charge is 2.53. The van der Waals surface area contributed by atoms with Gasteiger partial charge in [-0.25, -0.2) is 17.9 Å². The van der Waals surface area contributed by atoms with Gasteiger partial charge in [-0.3, -0.25) is 14.5 Å². The number of carbonyl (C=O) groups is 3. The summed E-state index contributed by atoms with van der Waals surface area (Å²) in [5.41, 5.74) is 0.226. The average Bonchev–Trinajstić information content (AvgIpc) is 2.96. The van der Waals surface area contributed by atoms with Crippen LogP contribution in [0.1, 0.15) is 0 Å². The number of allylic oxidation sites excluding steroid dienone is 1. The number of sulfonamides is 1. The molecule has 1 fully saturated rings. The summed E-state index contributed by atoms with van der Waals surface area (Å²) in [6.45, 7) is -0.0524. The highest BCUT2D eigenvalue weighted by Crippen LogP contribution is 2.40. The van der Waals surface area contributed by atoms with Crippen molar-refractivity contribution in [2.45, 2.75) is 21.2 Å². The van der Waals surface area contributed by atoms with E-state index in [1.54, 1.807) is 18.2 Å². The summed E-state index contributed by atoms with van der Waals surface area (Å²) in [7, 11) is -3.71. The van der Waals surface area contributed by atoms with Crippen molar-refractivity contribution in [2.75, 3.05) is 18.1 Å². The number of nitrogens with zero attached hydrogens (tertiary/aromatic N) is 1. The van der Waals surface area contributed by atoms with Crippen molar-refractivity contribution < 1.29 is 27.9 Å². The lowest BCUT2D eigenvalue weighted by atomic mass is 10.0. The van der Waals surface area contributed by atoms with Gasteiger partial charge in [0.05, 0.1) is 10.6 Å². The molecule has 2 atom stereocenters. The monoisotopic (exact) mass is 595 g/mol. The molecule has 2 amide bonds. The lowest BCUT2D eigenvalue weighted by Crippen LogP contribution is -2.70. The lowest BCUT2D eigenvalue weighted by molar-refractivity contribution is -0.150. The van der Waals surface area contributed by atoms with Gasteiger partial charge in [0.25, 0.3) is 5.91 Å². The molecule has 0 aliphatic carbocycles. The summed E-state index contributed by atoms with van der Waals surface area (Å²) in [6, 6.07) is 21.0. The van der Waals surface area contributed by atoms with Gasteiger partial charge in [-0.2, -0.15) is 0 Å². The number of benzene rings is 3. The molecule has 5 rings (SSSR count). The zero-order valence-electron chi connectivity index (χ0n) is 21.0. The second-order valence-electron chi connectivity index (χ2n) is 9.00. The van der Waals surface area contributed by atoms with Crippen LogP contribution >= 0.6 is 23.5 Å². The third-order valence-electron chi connectivity index (χ3n) is 6.37. The van der Waals surface area contributed by atoms with Crippen molar-refractivity contribution in [3.63, 3.8) is 0 Å². The SMILES string of the molecule is O=C(CSc1ccc2ccccc2c1)N[C@@H]1C(=O)N2C(C(=O)O)=C(/C=C/CNS(=O)(=O)c3ccccc3)CS[C@H]12. The van der Waals surface area contributed by atoms with Gasteiger partial charge < -0.3 is 10.4 Å². The number of rotatable bonds is 10. The maximum absolute atomic E-state index is 12.9. The maximum atomic E-state index is 12.9. The molecule has 0 radical (unpaired) electrons. The first-order chi connectivity index (χ1) is 19.2. The highest BCUT2D eigenvalue weighted by molar-refractivity contribution is 8.00. The third kappa shape index (κ3) is 5.94. The van der Waals surface area contributed by atoms with E-state index in [-0.39, 0.29) is 34.6 Å². The van der Waals surface area contributed by atoms with Gasteiger partial charge >= 0.3 is 5.97 Å². The van der Waals surface area contributed by atoms with Gasteiger partial charge in [0.1, 0.15) is 17.1 Å². The second kappa shape index (κ2) is 11.9. The summed E-state index contributed by atoms with van der Waals surface area (Å²) < 4.78 is 27.2. The molecule has 40 heavy (non-hydrogen) atoms. The largest absolute Gasteiger partial charge is 0.477 e. The fraction of sp³-hybridized carbons (Fsp3) is 0.179. The quantitative estimate of drug-likeness (QED) is 0.241. The van der Waals surface area contributed by atoms with Crippen LogP contribution in [-0.2, 0) is 24.4 Å². The molecule has 2 aliphatic heterocycles. The average molecular weight is 596 g/mol. The number of fused-ring (bicyclic) bond motifs is 2. The topological polar surface area (TPSA) is 133 Å². The Morgan fingerprint density at radius 2 is 1.77 bits per heavy atom. The molecule has 2 heterocycles. The van der Waals surface area contributed by atoms with E-state index < -0.39 is 33.3 Å². The van der Waals surface area contributed by atoms with Crippen molar-refractivity contribution in [3.8, 4) is 0 Å². The molecular weight excluding hydrogens is 571 g/mol. The molecule has 0 bridgehead atoms. The summed E-state index contributed by atoms with van der Waals surface area (Å²) in [6.07, 6.45) is 3.02. The maximum Gasteiger partial charge on any atom is 0.352 e. The molecule has 0 saturated carbocycles. The smallest absolute Gasteiger partial charge is 0.352 e. The molecule has 0 spiro atoms. The number of β-lactam (4-membered cyclic amide) rings is 1. The number of amides is 2. The molecule has 0 aromatic heterocycles. The second-order valence-corrected chi connectivity index (χ2v) is 12.9. The number of carboxylic acids is 1. The van der Waals surface area contributed by atoms with E-state index in [0.29, 0.717) is 5.57 Å². The number of hydrogen-bond acceptors (Lipinski definition) is 7.